The summed E-state index contributed by atoms with van der Waals surface area (Å²) < 4.78 is 28.9. The van der Waals surface area contributed by atoms with Crippen LogP contribution in [-0.2, 0) is 26.2 Å². The van der Waals surface area contributed by atoms with E-state index in [4.69, 9.17) is 23.2 Å². The topological polar surface area (TPSA) is 86.8 Å². The second-order valence-corrected chi connectivity index (χ2v) is 12.7. The largest absolute Gasteiger partial charge is 0.352 e. The van der Waals surface area contributed by atoms with Gasteiger partial charge in [-0.25, -0.2) is 8.42 Å². The molecule has 0 radical (unpaired) electrons. The predicted octanol–water partition coefficient (Wildman–Crippen LogP) is 6.14. The molecule has 0 bridgehead atoms. The molecule has 1 unspecified atom stereocenters. The standard InChI is InChI=1S/C30H35Cl2N3O4S/c1-6-28(30(37)33-20(2)3)34(18-23-12-13-24(31)17-27(23)32)29(36)19-35(25-15-21(4)14-22(5)16-25)40(38,39)26-10-8-7-9-11-26/h7-17,20,28H,6,18-19H2,1-5H3,(H,33,37). The number of sulfonamides is 1. The molecule has 0 saturated carbocycles. The second kappa shape index (κ2) is 13.5. The lowest BCUT2D eigenvalue weighted by Crippen LogP contribution is -2.53. The lowest BCUT2D eigenvalue weighted by Gasteiger charge is -2.34. The number of benzene rings is 3. The Bertz CT molecular complexity index is 1440. The summed E-state index contributed by atoms with van der Waals surface area (Å²) in [5, 5.41) is 3.65. The quantitative estimate of drug-likeness (QED) is 0.285. The smallest absolute Gasteiger partial charge is 0.264 e. The lowest BCUT2D eigenvalue weighted by atomic mass is 10.1. The molecule has 0 aliphatic carbocycles. The van der Waals surface area contributed by atoms with E-state index in [1.165, 1.54) is 17.0 Å². The van der Waals surface area contributed by atoms with Gasteiger partial charge >= 0.3 is 0 Å². The number of halogens is 2. The molecule has 214 valence electrons. The molecule has 40 heavy (non-hydrogen) atoms. The summed E-state index contributed by atoms with van der Waals surface area (Å²) in [4.78, 5) is 28.8. The van der Waals surface area contributed by atoms with Gasteiger partial charge in [-0.15, -0.1) is 0 Å². The van der Waals surface area contributed by atoms with Gasteiger partial charge in [-0.2, -0.15) is 0 Å². The normalized spacial score (nSPS) is 12.2. The van der Waals surface area contributed by atoms with Crippen LogP contribution in [0.1, 0.15) is 43.9 Å². The van der Waals surface area contributed by atoms with Gasteiger partial charge in [0.25, 0.3) is 10.0 Å². The molecule has 0 heterocycles. The first-order valence-corrected chi connectivity index (χ1v) is 15.2. The number of amides is 2. The minimum Gasteiger partial charge on any atom is -0.352 e. The van der Waals surface area contributed by atoms with E-state index in [0.717, 1.165) is 15.4 Å². The molecule has 0 fully saturated rings. The summed E-state index contributed by atoms with van der Waals surface area (Å²) in [7, 11) is -4.13. The van der Waals surface area contributed by atoms with Crippen molar-refractivity contribution >= 4 is 50.7 Å². The van der Waals surface area contributed by atoms with Crippen molar-refractivity contribution in [1.29, 1.82) is 0 Å². The van der Waals surface area contributed by atoms with Gasteiger partial charge < -0.3 is 10.2 Å². The zero-order valence-corrected chi connectivity index (χ0v) is 25.6. The fourth-order valence-electron chi connectivity index (χ4n) is 4.48. The van der Waals surface area contributed by atoms with E-state index in [1.807, 2.05) is 33.8 Å². The van der Waals surface area contributed by atoms with Crippen molar-refractivity contribution in [3.63, 3.8) is 0 Å². The summed E-state index contributed by atoms with van der Waals surface area (Å²) in [6.07, 6.45) is 0.310. The second-order valence-electron chi connectivity index (χ2n) is 10.0. The Labute approximate surface area is 247 Å². The van der Waals surface area contributed by atoms with Gasteiger partial charge in [0.15, 0.2) is 0 Å². The van der Waals surface area contributed by atoms with E-state index < -0.39 is 28.5 Å². The van der Waals surface area contributed by atoms with Crippen LogP contribution in [0.3, 0.4) is 0 Å². The molecular formula is C30H35Cl2N3O4S. The molecule has 0 saturated heterocycles. The van der Waals surface area contributed by atoms with E-state index >= 15 is 0 Å². The number of aryl methyl sites for hydroxylation is 2. The summed E-state index contributed by atoms with van der Waals surface area (Å²) in [5.74, 6) is -0.879. The molecule has 3 rings (SSSR count). The number of hydrogen-bond acceptors (Lipinski definition) is 4. The van der Waals surface area contributed by atoms with Gasteiger partial charge in [-0.05, 0) is 87.2 Å². The minimum absolute atomic E-state index is 0.00900. The van der Waals surface area contributed by atoms with E-state index in [2.05, 4.69) is 5.32 Å². The fraction of sp³-hybridized carbons (Fsp3) is 0.333. The van der Waals surface area contributed by atoms with Crippen LogP contribution in [0.15, 0.2) is 71.6 Å². The molecule has 2 amide bonds. The van der Waals surface area contributed by atoms with Crippen molar-refractivity contribution < 1.29 is 18.0 Å². The molecule has 3 aromatic carbocycles. The first-order valence-electron chi connectivity index (χ1n) is 13.0. The minimum atomic E-state index is -4.13. The van der Waals surface area contributed by atoms with Gasteiger partial charge in [-0.3, -0.25) is 13.9 Å². The molecule has 0 spiro atoms. The van der Waals surface area contributed by atoms with E-state index in [1.54, 1.807) is 55.5 Å². The van der Waals surface area contributed by atoms with Crippen molar-refractivity contribution in [3.8, 4) is 0 Å². The molecular weight excluding hydrogens is 569 g/mol. The van der Waals surface area contributed by atoms with E-state index in [9.17, 15) is 18.0 Å². The zero-order chi connectivity index (χ0) is 29.6. The van der Waals surface area contributed by atoms with Gasteiger partial charge in [0.1, 0.15) is 12.6 Å². The van der Waals surface area contributed by atoms with E-state index in [-0.39, 0.29) is 23.4 Å². The SMILES string of the molecule is CCC(C(=O)NC(C)C)N(Cc1ccc(Cl)cc1Cl)C(=O)CN(c1cc(C)cc(C)c1)S(=O)(=O)c1ccccc1. The Morgan fingerprint density at radius 1 is 0.925 bits per heavy atom. The third-order valence-corrected chi connectivity index (χ3v) is 8.65. The highest BCUT2D eigenvalue weighted by atomic mass is 35.5. The van der Waals surface area contributed by atoms with Crippen molar-refractivity contribution in [2.45, 2.75) is 64.6 Å². The number of anilines is 1. The molecule has 10 heteroatoms. The summed E-state index contributed by atoms with van der Waals surface area (Å²) in [6.45, 7) is 8.67. The Morgan fingerprint density at radius 2 is 1.55 bits per heavy atom. The number of carbonyl (C=O) groups excluding carboxylic acids is 2. The lowest BCUT2D eigenvalue weighted by molar-refractivity contribution is -0.140. The highest BCUT2D eigenvalue weighted by molar-refractivity contribution is 7.92. The van der Waals surface area contributed by atoms with Crippen LogP contribution in [0.25, 0.3) is 0 Å². The average Bonchev–Trinajstić information content (AvgIpc) is 2.87. The summed E-state index contributed by atoms with van der Waals surface area (Å²) in [6, 6.07) is 17.3. The third kappa shape index (κ3) is 7.77. The van der Waals surface area contributed by atoms with Crippen LogP contribution >= 0.6 is 23.2 Å². The van der Waals surface area contributed by atoms with Crippen LogP contribution in [0.5, 0.6) is 0 Å². The van der Waals surface area contributed by atoms with Crippen LogP contribution in [0, 0.1) is 13.8 Å². The average molecular weight is 605 g/mol. The maximum atomic E-state index is 14.1. The summed E-state index contributed by atoms with van der Waals surface area (Å²) in [5.41, 5.74) is 2.64. The number of nitrogens with one attached hydrogen (secondary N) is 1. The number of rotatable bonds is 11. The Balaban J connectivity index is 2.11. The van der Waals surface area contributed by atoms with Crippen LogP contribution < -0.4 is 9.62 Å². The molecule has 0 aliphatic heterocycles. The van der Waals surface area contributed by atoms with Gasteiger partial charge in [0.05, 0.1) is 10.6 Å². The highest BCUT2D eigenvalue weighted by Crippen LogP contribution is 2.28. The molecule has 7 nitrogen and oxygen atoms in total. The number of hydrogen-bond donors (Lipinski definition) is 1. The maximum Gasteiger partial charge on any atom is 0.264 e. The first kappa shape index (κ1) is 31.5. The number of carbonyl (C=O) groups is 2. The molecule has 0 aliphatic rings. The fourth-order valence-corrected chi connectivity index (χ4v) is 6.36. The summed E-state index contributed by atoms with van der Waals surface area (Å²) >= 11 is 12.5. The van der Waals surface area contributed by atoms with Crippen molar-refractivity contribution in [2.75, 3.05) is 10.8 Å². The zero-order valence-electron chi connectivity index (χ0n) is 23.3. The predicted molar refractivity (Wildman–Crippen MR) is 161 cm³/mol. The Morgan fingerprint density at radius 3 is 2.10 bits per heavy atom. The molecule has 1 N–H and O–H groups in total. The van der Waals surface area contributed by atoms with Gasteiger partial charge in [-0.1, -0.05) is 60.5 Å². The number of nitrogens with zero attached hydrogens (tertiary/aromatic N) is 2. The van der Waals surface area contributed by atoms with Gasteiger partial charge in [0, 0.05) is 22.6 Å². The van der Waals surface area contributed by atoms with E-state index in [0.29, 0.717) is 27.7 Å². The van der Waals surface area contributed by atoms with Crippen molar-refractivity contribution in [2.24, 2.45) is 0 Å². The Hall–Kier alpha value is -3.07. The van der Waals surface area contributed by atoms with Crippen LogP contribution in [-0.4, -0.2) is 43.8 Å². The van der Waals surface area contributed by atoms with Crippen molar-refractivity contribution in [1.82, 2.24) is 10.2 Å². The molecule has 0 aromatic heterocycles. The highest BCUT2D eigenvalue weighted by Gasteiger charge is 2.34. The first-order chi connectivity index (χ1) is 18.8. The monoisotopic (exact) mass is 603 g/mol. The van der Waals surface area contributed by atoms with Gasteiger partial charge in [0.2, 0.25) is 11.8 Å². The molecule has 3 aromatic rings. The third-order valence-electron chi connectivity index (χ3n) is 6.28. The maximum absolute atomic E-state index is 14.1. The molecule has 1 atom stereocenters. The van der Waals surface area contributed by atoms with Crippen LogP contribution in [0.2, 0.25) is 10.0 Å². The van der Waals surface area contributed by atoms with Crippen LogP contribution in [0.4, 0.5) is 5.69 Å². The Kier molecular flexibility index (Phi) is 10.6. The van der Waals surface area contributed by atoms with Crippen molar-refractivity contribution in [3.05, 3.63) is 93.5 Å².